The first-order valence-corrected chi connectivity index (χ1v) is 9.27. The number of para-hydroxylation sites is 1. The van der Waals surface area contributed by atoms with E-state index in [1.54, 1.807) is 0 Å². The van der Waals surface area contributed by atoms with E-state index in [1.807, 2.05) is 56.3 Å². The summed E-state index contributed by atoms with van der Waals surface area (Å²) < 4.78 is 7.34. The quantitative estimate of drug-likeness (QED) is 0.563. The maximum Gasteiger partial charge on any atom is 0.262 e. The van der Waals surface area contributed by atoms with Gasteiger partial charge in [0.15, 0.2) is 6.61 Å². The molecule has 3 rings (SSSR count). The van der Waals surface area contributed by atoms with Crippen LogP contribution in [0.3, 0.4) is 0 Å². The van der Waals surface area contributed by atoms with Crippen molar-refractivity contribution in [1.82, 2.24) is 4.98 Å². The molecule has 6 heteroatoms. The lowest BCUT2D eigenvalue weighted by Gasteiger charge is -2.12. The fourth-order valence-corrected chi connectivity index (χ4v) is 4.09. The molecule has 0 aliphatic rings. The number of fused-ring (bicyclic) bond motifs is 1. The predicted molar refractivity (Wildman–Crippen MR) is 107 cm³/mol. The van der Waals surface area contributed by atoms with Crippen LogP contribution in [-0.4, -0.2) is 17.5 Å². The summed E-state index contributed by atoms with van der Waals surface area (Å²) in [7, 11) is 0. The maximum absolute atomic E-state index is 12.3. The highest BCUT2D eigenvalue weighted by Crippen LogP contribution is 2.32. The van der Waals surface area contributed by atoms with Crippen LogP contribution in [-0.2, 0) is 4.79 Å². The van der Waals surface area contributed by atoms with Crippen molar-refractivity contribution < 1.29 is 9.53 Å². The number of aryl methyl sites for hydroxylation is 2. The zero-order valence-corrected chi connectivity index (χ0v) is 16.9. The van der Waals surface area contributed by atoms with Crippen molar-refractivity contribution in [3.63, 3.8) is 0 Å². The van der Waals surface area contributed by atoms with Gasteiger partial charge in [-0.05, 0) is 75.5 Å². The Kier molecular flexibility index (Phi) is 5.39. The molecule has 0 fully saturated rings. The number of pyridine rings is 1. The van der Waals surface area contributed by atoms with Crippen molar-refractivity contribution in [3.8, 4) is 5.75 Å². The molecule has 0 spiro atoms. The van der Waals surface area contributed by atoms with Gasteiger partial charge in [-0.1, -0.05) is 18.2 Å². The van der Waals surface area contributed by atoms with Crippen LogP contribution in [0.15, 0.2) is 51.4 Å². The molecule has 0 unspecified atom stereocenters. The molecular weight excluding hydrogens is 448 g/mol. The van der Waals surface area contributed by atoms with Crippen LogP contribution >= 0.6 is 31.9 Å². The zero-order valence-electron chi connectivity index (χ0n) is 13.8. The lowest BCUT2D eigenvalue weighted by atomic mass is 10.2. The number of amides is 1. The summed E-state index contributed by atoms with van der Waals surface area (Å²) in [4.78, 5) is 16.8. The van der Waals surface area contributed by atoms with Crippen molar-refractivity contribution in [2.75, 3.05) is 11.9 Å². The van der Waals surface area contributed by atoms with E-state index < -0.39 is 0 Å². The normalized spacial score (nSPS) is 10.7. The van der Waals surface area contributed by atoms with E-state index in [0.29, 0.717) is 11.4 Å². The highest BCUT2D eigenvalue weighted by atomic mass is 79.9. The number of hydrogen-bond donors (Lipinski definition) is 1. The second-order valence-electron chi connectivity index (χ2n) is 5.72. The Bertz CT molecular complexity index is 934. The highest BCUT2D eigenvalue weighted by Gasteiger charge is 2.12. The second kappa shape index (κ2) is 7.54. The Morgan fingerprint density at radius 3 is 2.56 bits per heavy atom. The summed E-state index contributed by atoms with van der Waals surface area (Å²) in [5.41, 5.74) is 3.44. The Morgan fingerprint density at radius 2 is 1.84 bits per heavy atom. The smallest absolute Gasteiger partial charge is 0.262 e. The summed E-state index contributed by atoms with van der Waals surface area (Å²) in [6.45, 7) is 3.82. The van der Waals surface area contributed by atoms with Gasteiger partial charge in [-0.15, -0.1) is 0 Å². The monoisotopic (exact) mass is 462 g/mol. The largest absolute Gasteiger partial charge is 0.481 e. The SMILES string of the molecule is Cc1cc(Br)c(NC(=O)COc2cccc3ccc(C)nc23)c(Br)c1. The van der Waals surface area contributed by atoms with Gasteiger partial charge in [0, 0.05) is 20.0 Å². The molecule has 1 amide bonds. The molecule has 0 aliphatic heterocycles. The number of benzene rings is 2. The van der Waals surface area contributed by atoms with Crippen LogP contribution in [0.1, 0.15) is 11.3 Å². The van der Waals surface area contributed by atoms with Crippen molar-refractivity contribution in [2.24, 2.45) is 0 Å². The average molecular weight is 464 g/mol. The minimum absolute atomic E-state index is 0.0957. The predicted octanol–water partition coefficient (Wildman–Crippen LogP) is 5.39. The summed E-state index contributed by atoms with van der Waals surface area (Å²) in [6, 6.07) is 13.5. The van der Waals surface area contributed by atoms with Crippen molar-refractivity contribution in [1.29, 1.82) is 0 Å². The lowest BCUT2D eigenvalue weighted by molar-refractivity contribution is -0.118. The van der Waals surface area contributed by atoms with Crippen LogP contribution in [0.2, 0.25) is 0 Å². The first kappa shape index (κ1) is 17.9. The summed E-state index contributed by atoms with van der Waals surface area (Å²) >= 11 is 6.93. The van der Waals surface area contributed by atoms with E-state index in [0.717, 1.165) is 31.1 Å². The van der Waals surface area contributed by atoms with Gasteiger partial charge in [0.2, 0.25) is 0 Å². The summed E-state index contributed by atoms with van der Waals surface area (Å²) in [5, 5.41) is 3.84. The number of carbonyl (C=O) groups excluding carboxylic acids is 1. The number of nitrogens with one attached hydrogen (secondary N) is 1. The molecule has 0 radical (unpaired) electrons. The molecule has 2 aromatic carbocycles. The van der Waals surface area contributed by atoms with E-state index in [-0.39, 0.29) is 12.5 Å². The van der Waals surface area contributed by atoms with Gasteiger partial charge in [0.05, 0.1) is 5.69 Å². The molecule has 1 N–H and O–H groups in total. The molecule has 0 saturated carbocycles. The van der Waals surface area contributed by atoms with Crippen LogP contribution in [0.4, 0.5) is 5.69 Å². The van der Waals surface area contributed by atoms with Gasteiger partial charge in [-0.3, -0.25) is 4.79 Å². The number of halogens is 2. The maximum atomic E-state index is 12.3. The summed E-state index contributed by atoms with van der Waals surface area (Å²) in [5.74, 6) is 0.355. The third kappa shape index (κ3) is 4.19. The van der Waals surface area contributed by atoms with E-state index in [2.05, 4.69) is 42.2 Å². The van der Waals surface area contributed by atoms with Crippen molar-refractivity contribution >= 4 is 54.4 Å². The van der Waals surface area contributed by atoms with Gasteiger partial charge >= 0.3 is 0 Å². The lowest BCUT2D eigenvalue weighted by Crippen LogP contribution is -2.20. The minimum Gasteiger partial charge on any atom is -0.481 e. The first-order chi connectivity index (χ1) is 11.9. The van der Waals surface area contributed by atoms with Crippen LogP contribution < -0.4 is 10.1 Å². The standard InChI is InChI=1S/C19H16Br2N2O2/c1-11-8-14(20)19(15(21)9-11)23-17(24)10-25-16-5-3-4-13-7-6-12(2)22-18(13)16/h3-9H,10H2,1-2H3,(H,23,24). The number of rotatable bonds is 4. The molecule has 25 heavy (non-hydrogen) atoms. The van der Waals surface area contributed by atoms with Gasteiger partial charge in [0.25, 0.3) is 5.91 Å². The molecule has 0 saturated heterocycles. The summed E-state index contributed by atoms with van der Waals surface area (Å²) in [6.07, 6.45) is 0. The molecule has 1 aromatic heterocycles. The van der Waals surface area contributed by atoms with Crippen molar-refractivity contribution in [2.45, 2.75) is 13.8 Å². The molecular formula is C19H16Br2N2O2. The number of anilines is 1. The van der Waals surface area contributed by atoms with E-state index in [4.69, 9.17) is 4.74 Å². The number of ether oxygens (including phenoxy) is 1. The third-order valence-corrected chi connectivity index (χ3v) is 4.88. The topological polar surface area (TPSA) is 51.2 Å². The van der Waals surface area contributed by atoms with Crippen molar-refractivity contribution in [3.05, 3.63) is 62.7 Å². The Hall–Kier alpha value is -1.92. The van der Waals surface area contributed by atoms with E-state index in [1.165, 1.54) is 0 Å². The molecule has 0 aliphatic carbocycles. The number of nitrogens with zero attached hydrogens (tertiary/aromatic N) is 1. The third-order valence-electron chi connectivity index (χ3n) is 3.63. The van der Waals surface area contributed by atoms with Gasteiger partial charge < -0.3 is 10.1 Å². The van der Waals surface area contributed by atoms with E-state index in [9.17, 15) is 4.79 Å². The molecule has 128 valence electrons. The number of aromatic nitrogens is 1. The molecule has 4 nitrogen and oxygen atoms in total. The second-order valence-corrected chi connectivity index (χ2v) is 7.43. The number of hydrogen-bond acceptors (Lipinski definition) is 3. The van der Waals surface area contributed by atoms with Crippen LogP contribution in [0, 0.1) is 13.8 Å². The van der Waals surface area contributed by atoms with Gasteiger partial charge in [-0.25, -0.2) is 4.98 Å². The van der Waals surface area contributed by atoms with Gasteiger partial charge in [-0.2, -0.15) is 0 Å². The fraction of sp³-hybridized carbons (Fsp3) is 0.158. The Labute approximate surface area is 162 Å². The van der Waals surface area contributed by atoms with Gasteiger partial charge in [0.1, 0.15) is 11.3 Å². The molecule has 3 aromatic rings. The Morgan fingerprint density at radius 1 is 1.12 bits per heavy atom. The van der Waals surface area contributed by atoms with Crippen LogP contribution in [0.5, 0.6) is 5.75 Å². The highest BCUT2D eigenvalue weighted by molar-refractivity contribution is 9.11. The number of carbonyl (C=O) groups is 1. The minimum atomic E-state index is -0.241. The average Bonchev–Trinajstić information content (AvgIpc) is 2.56. The van der Waals surface area contributed by atoms with Crippen LogP contribution in [0.25, 0.3) is 10.9 Å². The molecule has 0 atom stereocenters. The first-order valence-electron chi connectivity index (χ1n) is 7.69. The Balaban J connectivity index is 1.74. The molecule has 1 heterocycles. The van der Waals surface area contributed by atoms with E-state index >= 15 is 0 Å². The molecule has 0 bridgehead atoms. The fourth-order valence-electron chi connectivity index (χ4n) is 2.47. The zero-order chi connectivity index (χ0) is 18.0.